The summed E-state index contributed by atoms with van der Waals surface area (Å²) in [6.07, 6.45) is -0.542. The molecule has 0 aliphatic heterocycles. The standard InChI is InChI=1S/C10H16N2O3/c1-6(13)5-12(4)10(14)9-7(2)11-15-8(9)3/h6,13H,5H2,1-4H3. The van der Waals surface area contributed by atoms with E-state index in [1.807, 2.05) is 0 Å². The van der Waals surface area contributed by atoms with E-state index in [1.165, 1.54) is 4.90 Å². The van der Waals surface area contributed by atoms with Crippen LogP contribution in [-0.4, -0.2) is 40.8 Å². The summed E-state index contributed by atoms with van der Waals surface area (Å²) in [6, 6.07) is 0. The second-order valence-electron chi connectivity index (χ2n) is 3.73. The molecule has 1 aromatic heterocycles. The summed E-state index contributed by atoms with van der Waals surface area (Å²) in [5.41, 5.74) is 1.06. The van der Waals surface area contributed by atoms with E-state index in [0.29, 0.717) is 23.6 Å². The maximum atomic E-state index is 11.9. The van der Waals surface area contributed by atoms with Crippen LogP contribution in [0.15, 0.2) is 4.52 Å². The molecule has 0 saturated heterocycles. The lowest BCUT2D eigenvalue weighted by molar-refractivity contribution is 0.0701. The number of carbonyl (C=O) groups excluding carboxylic acids is 1. The van der Waals surface area contributed by atoms with Crippen LogP contribution in [0.3, 0.4) is 0 Å². The molecular formula is C10H16N2O3. The third-order valence-corrected chi connectivity index (χ3v) is 2.13. The molecule has 0 fully saturated rings. The zero-order chi connectivity index (χ0) is 11.6. The molecule has 0 aromatic carbocycles. The van der Waals surface area contributed by atoms with Gasteiger partial charge in [-0.25, -0.2) is 0 Å². The van der Waals surface area contributed by atoms with Gasteiger partial charge in [-0.3, -0.25) is 4.79 Å². The van der Waals surface area contributed by atoms with Crippen LogP contribution in [0.4, 0.5) is 0 Å². The van der Waals surface area contributed by atoms with Gasteiger partial charge in [-0.2, -0.15) is 0 Å². The highest BCUT2D eigenvalue weighted by Crippen LogP contribution is 2.14. The van der Waals surface area contributed by atoms with Crippen molar-refractivity contribution >= 4 is 5.91 Å². The van der Waals surface area contributed by atoms with Gasteiger partial charge in [0, 0.05) is 13.6 Å². The number of aryl methyl sites for hydroxylation is 2. The Kier molecular flexibility index (Phi) is 3.47. The molecule has 1 aromatic rings. The average Bonchev–Trinajstić information content (AvgIpc) is 2.44. The number of carbonyl (C=O) groups is 1. The highest BCUT2D eigenvalue weighted by molar-refractivity contribution is 5.95. The molecule has 15 heavy (non-hydrogen) atoms. The van der Waals surface area contributed by atoms with Crippen LogP contribution in [0.5, 0.6) is 0 Å². The van der Waals surface area contributed by atoms with Crippen molar-refractivity contribution in [3.8, 4) is 0 Å². The Hall–Kier alpha value is -1.36. The lowest BCUT2D eigenvalue weighted by Gasteiger charge is -2.18. The number of aliphatic hydroxyl groups is 1. The zero-order valence-electron chi connectivity index (χ0n) is 9.44. The van der Waals surface area contributed by atoms with E-state index in [-0.39, 0.29) is 5.91 Å². The predicted molar refractivity (Wildman–Crippen MR) is 54.6 cm³/mol. The maximum absolute atomic E-state index is 11.9. The summed E-state index contributed by atoms with van der Waals surface area (Å²) in [6.45, 7) is 5.35. The first-order valence-electron chi connectivity index (χ1n) is 4.80. The first-order chi connectivity index (χ1) is 6.93. The van der Waals surface area contributed by atoms with Crippen molar-refractivity contribution in [3.63, 3.8) is 0 Å². The molecule has 84 valence electrons. The summed E-state index contributed by atoms with van der Waals surface area (Å²) >= 11 is 0. The fraction of sp³-hybridized carbons (Fsp3) is 0.600. The smallest absolute Gasteiger partial charge is 0.259 e. The fourth-order valence-corrected chi connectivity index (χ4v) is 1.46. The molecule has 5 heteroatoms. The van der Waals surface area contributed by atoms with E-state index < -0.39 is 6.10 Å². The molecule has 0 aliphatic rings. The Bertz CT molecular complexity index is 338. The number of aliphatic hydroxyl groups excluding tert-OH is 1. The Balaban J connectivity index is 2.85. The number of rotatable bonds is 3. The minimum absolute atomic E-state index is 0.174. The third-order valence-electron chi connectivity index (χ3n) is 2.13. The normalized spacial score (nSPS) is 12.6. The van der Waals surface area contributed by atoms with E-state index in [4.69, 9.17) is 4.52 Å². The first kappa shape index (κ1) is 11.7. The molecule has 0 aliphatic carbocycles. The summed E-state index contributed by atoms with van der Waals surface area (Å²) in [4.78, 5) is 13.4. The molecule has 0 spiro atoms. The van der Waals surface area contributed by atoms with Crippen molar-refractivity contribution in [2.75, 3.05) is 13.6 Å². The van der Waals surface area contributed by atoms with Gasteiger partial charge in [0.2, 0.25) is 0 Å². The molecule has 1 unspecified atom stereocenters. The molecular weight excluding hydrogens is 196 g/mol. The van der Waals surface area contributed by atoms with Gasteiger partial charge in [-0.05, 0) is 20.8 Å². The van der Waals surface area contributed by atoms with E-state index in [1.54, 1.807) is 27.8 Å². The number of aromatic nitrogens is 1. The van der Waals surface area contributed by atoms with Gasteiger partial charge in [0.1, 0.15) is 11.3 Å². The lowest BCUT2D eigenvalue weighted by atomic mass is 10.2. The van der Waals surface area contributed by atoms with E-state index in [9.17, 15) is 9.90 Å². The molecule has 1 atom stereocenters. The first-order valence-corrected chi connectivity index (χ1v) is 4.80. The molecule has 0 saturated carbocycles. The second-order valence-corrected chi connectivity index (χ2v) is 3.73. The van der Waals surface area contributed by atoms with Crippen molar-refractivity contribution in [3.05, 3.63) is 17.0 Å². The minimum atomic E-state index is -0.542. The monoisotopic (exact) mass is 212 g/mol. The van der Waals surface area contributed by atoms with Gasteiger partial charge in [0.15, 0.2) is 0 Å². The summed E-state index contributed by atoms with van der Waals surface area (Å²) in [7, 11) is 1.64. The van der Waals surface area contributed by atoms with Crippen LogP contribution in [0.1, 0.15) is 28.7 Å². The van der Waals surface area contributed by atoms with Crippen molar-refractivity contribution in [1.82, 2.24) is 10.1 Å². The molecule has 1 heterocycles. The fourth-order valence-electron chi connectivity index (χ4n) is 1.46. The van der Waals surface area contributed by atoms with Gasteiger partial charge in [0.05, 0.1) is 11.8 Å². The van der Waals surface area contributed by atoms with Crippen LogP contribution in [0.2, 0.25) is 0 Å². The number of nitrogens with zero attached hydrogens (tertiary/aromatic N) is 2. The van der Waals surface area contributed by atoms with Crippen molar-refractivity contribution < 1.29 is 14.4 Å². The third kappa shape index (κ3) is 2.56. The zero-order valence-corrected chi connectivity index (χ0v) is 9.44. The highest BCUT2D eigenvalue weighted by atomic mass is 16.5. The van der Waals surface area contributed by atoms with E-state index >= 15 is 0 Å². The Morgan fingerprint density at radius 2 is 2.20 bits per heavy atom. The van der Waals surface area contributed by atoms with Crippen LogP contribution in [-0.2, 0) is 0 Å². The summed E-state index contributed by atoms with van der Waals surface area (Å²) < 4.78 is 4.91. The summed E-state index contributed by atoms with van der Waals surface area (Å²) in [5, 5.41) is 12.9. The topological polar surface area (TPSA) is 66.6 Å². The van der Waals surface area contributed by atoms with Gasteiger partial charge >= 0.3 is 0 Å². The molecule has 0 radical (unpaired) electrons. The second kappa shape index (κ2) is 4.44. The SMILES string of the molecule is Cc1noc(C)c1C(=O)N(C)CC(C)O. The Morgan fingerprint density at radius 3 is 2.60 bits per heavy atom. The molecule has 1 rings (SSSR count). The van der Waals surface area contributed by atoms with Crippen LogP contribution < -0.4 is 0 Å². The van der Waals surface area contributed by atoms with Gasteiger partial charge in [-0.1, -0.05) is 5.16 Å². The number of amides is 1. The largest absolute Gasteiger partial charge is 0.392 e. The molecule has 1 amide bonds. The maximum Gasteiger partial charge on any atom is 0.259 e. The number of likely N-dealkylation sites (N-methyl/N-ethyl adjacent to an activating group) is 1. The van der Waals surface area contributed by atoms with E-state index in [2.05, 4.69) is 5.16 Å². The number of hydrogen-bond donors (Lipinski definition) is 1. The average molecular weight is 212 g/mol. The summed E-state index contributed by atoms with van der Waals surface area (Å²) in [5.74, 6) is 0.335. The highest BCUT2D eigenvalue weighted by Gasteiger charge is 2.21. The number of hydrogen-bond acceptors (Lipinski definition) is 4. The van der Waals surface area contributed by atoms with Crippen LogP contribution >= 0.6 is 0 Å². The molecule has 0 bridgehead atoms. The van der Waals surface area contributed by atoms with Gasteiger partial charge in [-0.15, -0.1) is 0 Å². The molecule has 1 N–H and O–H groups in total. The minimum Gasteiger partial charge on any atom is -0.392 e. The Morgan fingerprint density at radius 1 is 1.60 bits per heavy atom. The van der Waals surface area contributed by atoms with Gasteiger partial charge < -0.3 is 14.5 Å². The van der Waals surface area contributed by atoms with Crippen molar-refractivity contribution in [2.45, 2.75) is 26.9 Å². The van der Waals surface area contributed by atoms with Crippen molar-refractivity contribution in [1.29, 1.82) is 0 Å². The van der Waals surface area contributed by atoms with Crippen molar-refractivity contribution in [2.24, 2.45) is 0 Å². The van der Waals surface area contributed by atoms with Crippen LogP contribution in [0.25, 0.3) is 0 Å². The van der Waals surface area contributed by atoms with E-state index in [0.717, 1.165) is 0 Å². The van der Waals surface area contributed by atoms with Gasteiger partial charge in [0.25, 0.3) is 5.91 Å². The Labute approximate surface area is 88.7 Å². The van der Waals surface area contributed by atoms with Crippen LogP contribution in [0, 0.1) is 13.8 Å². The molecule has 5 nitrogen and oxygen atoms in total. The predicted octanol–water partition coefficient (Wildman–Crippen LogP) is 0.744. The lowest BCUT2D eigenvalue weighted by Crippen LogP contribution is -2.33. The quantitative estimate of drug-likeness (QED) is 0.802.